The monoisotopic (exact) mass is 214 g/mol. The van der Waals surface area contributed by atoms with E-state index in [1.54, 1.807) is 0 Å². The topological polar surface area (TPSA) is 20.2 Å². The van der Waals surface area contributed by atoms with Gasteiger partial charge >= 0.3 is 0 Å². The van der Waals surface area contributed by atoms with Gasteiger partial charge in [0.25, 0.3) is 0 Å². The number of rotatable bonds is 0. The molecule has 60 valence electrons. The molecule has 11 heavy (non-hydrogen) atoms. The molecule has 0 aliphatic heterocycles. The van der Waals surface area contributed by atoms with E-state index in [-0.39, 0.29) is 15.1 Å². The SMILES string of the molecule is Oc1c(Cl)cc(Cl)c(Cl)c1F. The number of aromatic hydroxyl groups is 1. The average Bonchev–Trinajstić information content (AvgIpc) is 1.97. The lowest BCUT2D eigenvalue weighted by Crippen LogP contribution is -1.80. The van der Waals surface area contributed by atoms with Gasteiger partial charge in [-0.25, -0.2) is 4.39 Å². The summed E-state index contributed by atoms with van der Waals surface area (Å²) in [7, 11) is 0. The van der Waals surface area contributed by atoms with E-state index in [1.807, 2.05) is 0 Å². The maximum atomic E-state index is 12.7. The van der Waals surface area contributed by atoms with Crippen LogP contribution in [0.4, 0.5) is 4.39 Å². The zero-order chi connectivity index (χ0) is 8.59. The molecule has 0 atom stereocenters. The molecule has 0 aromatic heterocycles. The first-order chi connectivity index (χ1) is 5.04. The molecule has 0 fully saturated rings. The van der Waals surface area contributed by atoms with E-state index in [2.05, 4.69) is 0 Å². The number of phenolic OH excluding ortho intramolecular Hbond substituents is 1. The zero-order valence-corrected chi connectivity index (χ0v) is 7.30. The van der Waals surface area contributed by atoms with Crippen LogP contribution >= 0.6 is 34.8 Å². The third-order valence-electron chi connectivity index (χ3n) is 1.09. The third kappa shape index (κ3) is 1.53. The van der Waals surface area contributed by atoms with Crippen LogP contribution in [0.25, 0.3) is 0 Å². The number of halogens is 4. The first-order valence-electron chi connectivity index (χ1n) is 2.56. The molecule has 1 nitrogen and oxygen atoms in total. The van der Waals surface area contributed by atoms with Crippen LogP contribution in [0, 0.1) is 5.82 Å². The highest BCUT2D eigenvalue weighted by Crippen LogP contribution is 2.36. The Hall–Kier alpha value is -0.180. The van der Waals surface area contributed by atoms with Gasteiger partial charge in [0.2, 0.25) is 0 Å². The van der Waals surface area contributed by atoms with Crippen molar-refractivity contribution in [2.24, 2.45) is 0 Å². The van der Waals surface area contributed by atoms with Crippen molar-refractivity contribution in [3.8, 4) is 5.75 Å². The second-order valence-electron chi connectivity index (χ2n) is 1.82. The van der Waals surface area contributed by atoms with E-state index in [9.17, 15) is 4.39 Å². The summed E-state index contributed by atoms with van der Waals surface area (Å²) in [6, 6.07) is 1.17. The van der Waals surface area contributed by atoms with Crippen LogP contribution < -0.4 is 0 Å². The van der Waals surface area contributed by atoms with Crippen molar-refractivity contribution in [1.29, 1.82) is 0 Å². The molecule has 1 aromatic rings. The van der Waals surface area contributed by atoms with Crippen LogP contribution in [0.5, 0.6) is 5.75 Å². The van der Waals surface area contributed by atoms with E-state index >= 15 is 0 Å². The van der Waals surface area contributed by atoms with Crippen molar-refractivity contribution >= 4 is 34.8 Å². The van der Waals surface area contributed by atoms with E-state index < -0.39 is 11.6 Å². The summed E-state index contributed by atoms with van der Waals surface area (Å²) >= 11 is 16.1. The Balaban J connectivity index is 3.46. The lowest BCUT2D eigenvalue weighted by molar-refractivity contribution is 0.433. The van der Waals surface area contributed by atoms with Crippen molar-refractivity contribution in [3.05, 3.63) is 27.0 Å². The van der Waals surface area contributed by atoms with Crippen molar-refractivity contribution < 1.29 is 9.50 Å². The second kappa shape index (κ2) is 3.05. The Kier molecular flexibility index (Phi) is 2.47. The van der Waals surface area contributed by atoms with Crippen molar-refractivity contribution in [1.82, 2.24) is 0 Å². The fourth-order valence-electron chi connectivity index (χ4n) is 0.557. The number of benzene rings is 1. The highest BCUT2D eigenvalue weighted by molar-refractivity contribution is 6.43. The van der Waals surface area contributed by atoms with Crippen molar-refractivity contribution in [2.75, 3.05) is 0 Å². The molecule has 0 aliphatic carbocycles. The lowest BCUT2D eigenvalue weighted by Gasteiger charge is -2.01. The number of hydrogen-bond donors (Lipinski definition) is 1. The van der Waals surface area contributed by atoms with E-state index in [0.29, 0.717) is 0 Å². The number of phenols is 1. The molecular formula is C6H2Cl3FO. The average molecular weight is 215 g/mol. The Morgan fingerprint density at radius 2 is 1.73 bits per heavy atom. The highest BCUT2D eigenvalue weighted by Gasteiger charge is 2.13. The molecule has 5 heteroatoms. The molecule has 0 amide bonds. The Morgan fingerprint density at radius 1 is 1.18 bits per heavy atom. The van der Waals surface area contributed by atoms with Crippen molar-refractivity contribution in [3.63, 3.8) is 0 Å². The summed E-state index contributed by atoms with van der Waals surface area (Å²) in [6.45, 7) is 0. The van der Waals surface area contributed by atoms with Gasteiger partial charge < -0.3 is 5.11 Å². The van der Waals surface area contributed by atoms with Crippen LogP contribution in [0.3, 0.4) is 0 Å². The second-order valence-corrected chi connectivity index (χ2v) is 3.01. The largest absolute Gasteiger partial charge is 0.504 e. The minimum atomic E-state index is -0.996. The van der Waals surface area contributed by atoms with Gasteiger partial charge in [-0.2, -0.15) is 0 Å². The predicted octanol–water partition coefficient (Wildman–Crippen LogP) is 3.49. The molecule has 0 saturated carbocycles. The molecular weight excluding hydrogens is 213 g/mol. The van der Waals surface area contributed by atoms with Crippen LogP contribution in [-0.4, -0.2) is 5.11 Å². The van der Waals surface area contributed by atoms with E-state index in [1.165, 1.54) is 6.07 Å². The van der Waals surface area contributed by atoms with Crippen molar-refractivity contribution in [2.45, 2.75) is 0 Å². The van der Waals surface area contributed by atoms with Gasteiger partial charge in [0.1, 0.15) is 0 Å². The fraction of sp³-hybridized carbons (Fsp3) is 0. The quantitative estimate of drug-likeness (QED) is 0.519. The smallest absolute Gasteiger partial charge is 0.186 e. The summed E-state index contributed by atoms with van der Waals surface area (Å²) in [5.74, 6) is -1.68. The fourth-order valence-corrected chi connectivity index (χ4v) is 1.14. The molecule has 0 saturated heterocycles. The molecule has 0 aliphatic rings. The van der Waals surface area contributed by atoms with Crippen LogP contribution in [0.15, 0.2) is 6.07 Å². The predicted molar refractivity (Wildman–Crippen MR) is 43.1 cm³/mol. The summed E-state index contributed by atoms with van der Waals surface area (Å²) < 4.78 is 12.7. The minimum Gasteiger partial charge on any atom is -0.504 e. The summed E-state index contributed by atoms with van der Waals surface area (Å²) in [5, 5.41) is 8.36. The van der Waals surface area contributed by atoms with Gasteiger partial charge in [-0.3, -0.25) is 0 Å². The van der Waals surface area contributed by atoms with Gasteiger partial charge in [-0.1, -0.05) is 34.8 Å². The molecule has 1 aromatic carbocycles. The highest BCUT2D eigenvalue weighted by atomic mass is 35.5. The summed E-state index contributed by atoms with van der Waals surface area (Å²) in [6.07, 6.45) is 0. The Bertz CT molecular complexity index is 274. The number of hydrogen-bond acceptors (Lipinski definition) is 1. The van der Waals surface area contributed by atoms with Crippen LogP contribution in [-0.2, 0) is 0 Å². The first kappa shape index (κ1) is 8.91. The van der Waals surface area contributed by atoms with Gasteiger partial charge in [0.05, 0.1) is 15.1 Å². The summed E-state index contributed by atoms with van der Waals surface area (Å²) in [4.78, 5) is 0. The van der Waals surface area contributed by atoms with Gasteiger partial charge in [-0.05, 0) is 6.07 Å². The van der Waals surface area contributed by atoms with Gasteiger partial charge in [0.15, 0.2) is 11.6 Å². The van der Waals surface area contributed by atoms with Crippen LogP contribution in [0.2, 0.25) is 15.1 Å². The van der Waals surface area contributed by atoms with Gasteiger partial charge in [0, 0.05) is 0 Å². The van der Waals surface area contributed by atoms with Gasteiger partial charge in [-0.15, -0.1) is 0 Å². The molecule has 1 N–H and O–H groups in total. The lowest BCUT2D eigenvalue weighted by atomic mass is 10.3. The Morgan fingerprint density at radius 3 is 2.27 bits per heavy atom. The maximum Gasteiger partial charge on any atom is 0.186 e. The maximum absolute atomic E-state index is 12.7. The third-order valence-corrected chi connectivity index (χ3v) is 2.14. The Labute approximate surface area is 77.3 Å². The minimum absolute atomic E-state index is 0.0213. The molecule has 0 unspecified atom stereocenters. The van der Waals surface area contributed by atoms with E-state index in [4.69, 9.17) is 39.9 Å². The van der Waals surface area contributed by atoms with Crippen LogP contribution in [0.1, 0.15) is 0 Å². The van der Waals surface area contributed by atoms with E-state index in [0.717, 1.165) is 0 Å². The molecule has 1 rings (SSSR count). The normalized spacial score (nSPS) is 10.2. The molecule has 0 spiro atoms. The zero-order valence-electron chi connectivity index (χ0n) is 5.04. The first-order valence-corrected chi connectivity index (χ1v) is 3.69. The molecule has 0 radical (unpaired) electrons. The molecule has 0 heterocycles. The standard InChI is InChI=1S/C6H2Cl3FO/c7-2-1-3(8)6(11)5(10)4(2)9/h1,11H. The molecule has 0 bridgehead atoms. The summed E-state index contributed by atoms with van der Waals surface area (Å²) in [5.41, 5.74) is 0.